The summed E-state index contributed by atoms with van der Waals surface area (Å²) in [6.07, 6.45) is 1.62. The van der Waals surface area contributed by atoms with Gasteiger partial charge in [0.05, 0.1) is 16.8 Å². The molecule has 0 aliphatic rings. The van der Waals surface area contributed by atoms with E-state index < -0.39 is 5.82 Å². The van der Waals surface area contributed by atoms with Gasteiger partial charge in [-0.3, -0.25) is 9.48 Å². The molecule has 94 valence electrons. The fourth-order valence-corrected chi connectivity index (χ4v) is 2.16. The lowest BCUT2D eigenvalue weighted by Gasteiger charge is -2.07. The molecule has 0 aliphatic carbocycles. The van der Waals surface area contributed by atoms with Gasteiger partial charge < -0.3 is 0 Å². The molecule has 0 amide bonds. The summed E-state index contributed by atoms with van der Waals surface area (Å²) in [5.41, 5.74) is 2.66. The van der Waals surface area contributed by atoms with Crippen molar-refractivity contribution in [2.45, 2.75) is 20.8 Å². The van der Waals surface area contributed by atoms with E-state index in [1.165, 1.54) is 6.07 Å². The predicted molar refractivity (Wildman–Crippen MR) is 67.3 cm³/mol. The summed E-state index contributed by atoms with van der Waals surface area (Å²) in [7, 11) is 1.74. The maximum atomic E-state index is 13.9. The van der Waals surface area contributed by atoms with Crippen LogP contribution in [0.25, 0.3) is 0 Å². The van der Waals surface area contributed by atoms with Gasteiger partial charge in [0.15, 0.2) is 5.78 Å². The second-order valence-corrected chi connectivity index (χ2v) is 4.57. The number of rotatable bonds is 2. The first-order valence-electron chi connectivity index (χ1n) is 5.72. The Kier molecular flexibility index (Phi) is 3.03. The van der Waals surface area contributed by atoms with Crippen LogP contribution >= 0.6 is 0 Å². The average molecular weight is 246 g/mol. The lowest BCUT2D eigenvalue weighted by atomic mass is 9.97. The van der Waals surface area contributed by atoms with E-state index in [0.29, 0.717) is 16.8 Å². The summed E-state index contributed by atoms with van der Waals surface area (Å²) in [6, 6.07) is 3.19. The summed E-state index contributed by atoms with van der Waals surface area (Å²) < 4.78 is 15.5. The van der Waals surface area contributed by atoms with Crippen molar-refractivity contribution in [2.24, 2.45) is 7.05 Å². The van der Waals surface area contributed by atoms with Crippen LogP contribution in [0.4, 0.5) is 4.39 Å². The second kappa shape index (κ2) is 4.37. The number of hydrogen-bond acceptors (Lipinski definition) is 2. The van der Waals surface area contributed by atoms with E-state index in [1.807, 2.05) is 6.07 Å². The van der Waals surface area contributed by atoms with Gasteiger partial charge in [0.2, 0.25) is 0 Å². The van der Waals surface area contributed by atoms with Gasteiger partial charge in [-0.1, -0.05) is 6.07 Å². The van der Waals surface area contributed by atoms with Crippen LogP contribution in [-0.2, 0) is 7.05 Å². The van der Waals surface area contributed by atoms with Crippen molar-refractivity contribution in [1.29, 1.82) is 0 Å². The Labute approximate surface area is 105 Å². The van der Waals surface area contributed by atoms with Crippen molar-refractivity contribution in [3.05, 3.63) is 52.1 Å². The third kappa shape index (κ3) is 2.06. The smallest absolute Gasteiger partial charge is 0.199 e. The molecular weight excluding hydrogens is 231 g/mol. The number of benzene rings is 1. The Morgan fingerprint density at radius 2 is 1.94 bits per heavy atom. The molecule has 1 heterocycles. The van der Waals surface area contributed by atoms with Gasteiger partial charge in [-0.05, 0) is 38.0 Å². The van der Waals surface area contributed by atoms with E-state index in [1.54, 1.807) is 38.7 Å². The zero-order valence-corrected chi connectivity index (χ0v) is 10.9. The minimum Gasteiger partial charge on any atom is -0.288 e. The molecule has 3 nitrogen and oxygen atoms in total. The van der Waals surface area contributed by atoms with Crippen LogP contribution in [0, 0.1) is 26.6 Å². The van der Waals surface area contributed by atoms with E-state index in [-0.39, 0.29) is 11.3 Å². The highest BCUT2D eigenvalue weighted by Gasteiger charge is 2.20. The van der Waals surface area contributed by atoms with Crippen LogP contribution in [0.1, 0.15) is 32.7 Å². The maximum absolute atomic E-state index is 13.9. The van der Waals surface area contributed by atoms with Crippen molar-refractivity contribution < 1.29 is 9.18 Å². The normalized spacial score (nSPS) is 10.7. The van der Waals surface area contributed by atoms with Crippen molar-refractivity contribution in [2.75, 3.05) is 0 Å². The Bertz CT molecular complexity index is 606. The lowest BCUT2D eigenvalue weighted by Crippen LogP contribution is -2.08. The number of nitrogens with zero attached hydrogens (tertiary/aromatic N) is 2. The molecule has 0 radical (unpaired) electrons. The molecule has 0 bridgehead atoms. The SMILES string of the molecule is Cc1cc(C)c(C(=O)c2cn(C)nc2C)c(F)c1. The third-order valence-electron chi connectivity index (χ3n) is 2.92. The molecule has 0 saturated heterocycles. The van der Waals surface area contributed by atoms with Crippen molar-refractivity contribution in [1.82, 2.24) is 9.78 Å². The first-order valence-corrected chi connectivity index (χ1v) is 5.72. The molecule has 1 aromatic heterocycles. The molecule has 2 rings (SSSR count). The number of carbonyl (C=O) groups excluding carboxylic acids is 1. The largest absolute Gasteiger partial charge is 0.288 e. The van der Waals surface area contributed by atoms with Crippen LogP contribution in [0.3, 0.4) is 0 Å². The van der Waals surface area contributed by atoms with Gasteiger partial charge in [-0.15, -0.1) is 0 Å². The van der Waals surface area contributed by atoms with E-state index >= 15 is 0 Å². The first-order chi connectivity index (χ1) is 8.40. The van der Waals surface area contributed by atoms with Crippen molar-refractivity contribution in [3.8, 4) is 0 Å². The van der Waals surface area contributed by atoms with Crippen LogP contribution in [-0.4, -0.2) is 15.6 Å². The minimum atomic E-state index is -0.472. The van der Waals surface area contributed by atoms with Gasteiger partial charge in [0, 0.05) is 13.2 Å². The molecule has 4 heteroatoms. The minimum absolute atomic E-state index is 0.136. The molecule has 0 spiro atoms. The summed E-state index contributed by atoms with van der Waals surface area (Å²) in [5, 5.41) is 4.11. The first kappa shape index (κ1) is 12.5. The Morgan fingerprint density at radius 3 is 2.44 bits per heavy atom. The molecule has 18 heavy (non-hydrogen) atoms. The van der Waals surface area contributed by atoms with Gasteiger partial charge in [0.25, 0.3) is 0 Å². The molecule has 0 fully saturated rings. The third-order valence-corrected chi connectivity index (χ3v) is 2.92. The number of hydrogen-bond donors (Lipinski definition) is 0. The molecule has 0 atom stereocenters. The summed E-state index contributed by atoms with van der Waals surface area (Å²) in [5.74, 6) is -0.781. The average Bonchev–Trinajstić information content (AvgIpc) is 2.56. The summed E-state index contributed by atoms with van der Waals surface area (Å²) in [6.45, 7) is 5.29. The number of halogens is 1. The van der Waals surface area contributed by atoms with E-state index in [0.717, 1.165) is 5.56 Å². The molecule has 2 aromatic rings. The second-order valence-electron chi connectivity index (χ2n) is 4.57. The zero-order chi connectivity index (χ0) is 13.4. The number of aryl methyl sites for hydroxylation is 4. The summed E-state index contributed by atoms with van der Waals surface area (Å²) in [4.78, 5) is 12.3. The van der Waals surface area contributed by atoms with Gasteiger partial charge >= 0.3 is 0 Å². The van der Waals surface area contributed by atoms with Crippen molar-refractivity contribution in [3.63, 3.8) is 0 Å². The van der Waals surface area contributed by atoms with Crippen molar-refractivity contribution >= 4 is 5.78 Å². The molecule has 0 saturated carbocycles. The van der Waals surface area contributed by atoms with Crippen LogP contribution < -0.4 is 0 Å². The fourth-order valence-electron chi connectivity index (χ4n) is 2.16. The zero-order valence-electron chi connectivity index (χ0n) is 10.9. The number of aromatic nitrogens is 2. The molecule has 0 unspecified atom stereocenters. The Hall–Kier alpha value is -1.97. The quantitative estimate of drug-likeness (QED) is 0.764. The monoisotopic (exact) mass is 246 g/mol. The fraction of sp³-hybridized carbons (Fsp3) is 0.286. The Balaban J connectivity index is 2.56. The van der Waals surface area contributed by atoms with E-state index in [2.05, 4.69) is 5.10 Å². The molecule has 1 aromatic carbocycles. The summed E-state index contributed by atoms with van der Waals surface area (Å²) >= 11 is 0. The highest BCUT2D eigenvalue weighted by atomic mass is 19.1. The van der Waals surface area contributed by atoms with Gasteiger partial charge in [0.1, 0.15) is 5.82 Å². The van der Waals surface area contributed by atoms with Crippen LogP contribution in [0.15, 0.2) is 18.3 Å². The van der Waals surface area contributed by atoms with Gasteiger partial charge in [-0.2, -0.15) is 5.10 Å². The van der Waals surface area contributed by atoms with Gasteiger partial charge in [-0.25, -0.2) is 4.39 Å². The maximum Gasteiger partial charge on any atom is 0.199 e. The van der Waals surface area contributed by atoms with Crippen LogP contribution in [0.5, 0.6) is 0 Å². The highest BCUT2D eigenvalue weighted by Crippen LogP contribution is 2.20. The predicted octanol–water partition coefficient (Wildman–Crippen LogP) is 2.72. The van der Waals surface area contributed by atoms with E-state index in [9.17, 15) is 9.18 Å². The Morgan fingerprint density at radius 1 is 1.28 bits per heavy atom. The van der Waals surface area contributed by atoms with Crippen LogP contribution in [0.2, 0.25) is 0 Å². The molecule has 0 aliphatic heterocycles. The number of carbonyl (C=O) groups is 1. The topological polar surface area (TPSA) is 34.9 Å². The van der Waals surface area contributed by atoms with E-state index in [4.69, 9.17) is 0 Å². The lowest BCUT2D eigenvalue weighted by molar-refractivity contribution is 0.103. The molecule has 0 N–H and O–H groups in total. The standard InChI is InChI=1S/C14H15FN2O/c1-8-5-9(2)13(12(15)6-8)14(18)11-7-17(4)16-10(11)3/h5-7H,1-4H3. The number of ketones is 1. The molecular formula is C14H15FN2O. The highest BCUT2D eigenvalue weighted by molar-refractivity contribution is 6.10.